The van der Waals surface area contributed by atoms with Gasteiger partial charge in [-0.3, -0.25) is 0 Å². The number of rotatable bonds is 4. The maximum Gasteiger partial charge on any atom is 0.246 e. The molecule has 19 heavy (non-hydrogen) atoms. The van der Waals surface area contributed by atoms with Gasteiger partial charge in [-0.15, -0.1) is 0 Å². The Labute approximate surface area is 112 Å². The third kappa shape index (κ3) is 2.79. The summed E-state index contributed by atoms with van der Waals surface area (Å²) in [4.78, 5) is -0.313. The number of halogens is 1. The third-order valence-electron chi connectivity index (χ3n) is 3.29. The van der Waals surface area contributed by atoms with Crippen LogP contribution in [0.2, 0.25) is 0 Å². The Balaban J connectivity index is 2.34. The molecule has 0 bridgehead atoms. The molecular weight excluding hydrogens is 271 g/mol. The van der Waals surface area contributed by atoms with Crippen molar-refractivity contribution < 1.29 is 17.5 Å². The molecule has 106 valence electrons. The lowest BCUT2D eigenvalue weighted by molar-refractivity contribution is 0.115. The minimum Gasteiger partial charge on any atom is -0.380 e. The lowest BCUT2D eigenvalue weighted by Gasteiger charge is -2.17. The zero-order valence-electron chi connectivity index (χ0n) is 10.7. The van der Waals surface area contributed by atoms with Crippen LogP contribution in [0.4, 0.5) is 4.39 Å². The average Bonchev–Trinajstić information content (AvgIpc) is 2.88. The third-order valence-corrected chi connectivity index (χ3v) is 5.17. The van der Waals surface area contributed by atoms with E-state index in [1.807, 2.05) is 0 Å². The van der Waals surface area contributed by atoms with Gasteiger partial charge in [0.25, 0.3) is 0 Å². The van der Waals surface area contributed by atoms with E-state index >= 15 is 0 Å². The minimum atomic E-state index is -3.82. The van der Waals surface area contributed by atoms with Gasteiger partial charge >= 0.3 is 0 Å². The predicted octanol–water partition coefficient (Wildman–Crippen LogP) is 0.694. The van der Waals surface area contributed by atoms with Crippen LogP contribution in [0.25, 0.3) is 0 Å². The standard InChI is InChI=1S/C12H17FN2O3S/c1-18-10-4-5-15(8-10)19(16,17)12-6-9(7-14)2-3-11(12)13/h2-3,6,10H,4-5,7-8,14H2,1H3. The second-order valence-corrected chi connectivity index (χ2v) is 6.38. The number of sulfonamides is 1. The molecule has 5 nitrogen and oxygen atoms in total. The van der Waals surface area contributed by atoms with Gasteiger partial charge in [0.15, 0.2) is 0 Å². The van der Waals surface area contributed by atoms with Gasteiger partial charge < -0.3 is 10.5 Å². The van der Waals surface area contributed by atoms with Crippen LogP contribution in [0.5, 0.6) is 0 Å². The average molecular weight is 288 g/mol. The number of hydrogen-bond acceptors (Lipinski definition) is 4. The van der Waals surface area contributed by atoms with E-state index in [0.29, 0.717) is 18.5 Å². The summed E-state index contributed by atoms with van der Waals surface area (Å²) in [5, 5.41) is 0. The SMILES string of the molecule is COC1CCN(S(=O)(=O)c2cc(CN)ccc2F)C1. The van der Waals surface area contributed by atoms with E-state index in [2.05, 4.69) is 0 Å². The maximum absolute atomic E-state index is 13.8. The van der Waals surface area contributed by atoms with Crippen molar-refractivity contribution in [2.75, 3.05) is 20.2 Å². The normalized spacial score (nSPS) is 20.9. The fourth-order valence-electron chi connectivity index (χ4n) is 2.12. The van der Waals surface area contributed by atoms with E-state index in [1.54, 1.807) is 0 Å². The first-order valence-corrected chi connectivity index (χ1v) is 7.44. The quantitative estimate of drug-likeness (QED) is 0.885. The number of nitrogens with zero attached hydrogens (tertiary/aromatic N) is 1. The van der Waals surface area contributed by atoms with Crippen LogP contribution in [0.3, 0.4) is 0 Å². The van der Waals surface area contributed by atoms with E-state index in [0.717, 1.165) is 6.07 Å². The Morgan fingerprint density at radius 3 is 2.84 bits per heavy atom. The number of benzene rings is 1. The molecule has 0 saturated carbocycles. The van der Waals surface area contributed by atoms with E-state index < -0.39 is 15.8 Å². The summed E-state index contributed by atoms with van der Waals surface area (Å²) < 4.78 is 44.9. The summed E-state index contributed by atoms with van der Waals surface area (Å²) in [6.45, 7) is 0.766. The van der Waals surface area contributed by atoms with Gasteiger partial charge in [-0.05, 0) is 24.1 Å². The van der Waals surface area contributed by atoms with Crippen molar-refractivity contribution in [2.24, 2.45) is 5.73 Å². The number of hydrogen-bond donors (Lipinski definition) is 1. The molecule has 2 N–H and O–H groups in total. The van der Waals surface area contributed by atoms with E-state index in [-0.39, 0.29) is 24.1 Å². The van der Waals surface area contributed by atoms with Crippen molar-refractivity contribution in [3.63, 3.8) is 0 Å². The van der Waals surface area contributed by atoms with Gasteiger partial charge in [0, 0.05) is 26.7 Å². The highest BCUT2D eigenvalue weighted by atomic mass is 32.2. The van der Waals surface area contributed by atoms with Crippen molar-refractivity contribution in [3.8, 4) is 0 Å². The lowest BCUT2D eigenvalue weighted by Crippen LogP contribution is -2.30. The lowest BCUT2D eigenvalue weighted by atomic mass is 10.2. The van der Waals surface area contributed by atoms with Crippen LogP contribution in [0.1, 0.15) is 12.0 Å². The second kappa shape index (κ2) is 5.54. The van der Waals surface area contributed by atoms with Crippen molar-refractivity contribution >= 4 is 10.0 Å². The first-order chi connectivity index (χ1) is 8.98. The molecule has 1 unspecified atom stereocenters. The Morgan fingerprint density at radius 1 is 1.53 bits per heavy atom. The Hall–Kier alpha value is -1.02. The molecule has 0 amide bonds. The highest BCUT2D eigenvalue weighted by Gasteiger charge is 2.34. The molecule has 0 radical (unpaired) electrons. The Kier molecular flexibility index (Phi) is 4.19. The summed E-state index contributed by atoms with van der Waals surface area (Å²) in [6, 6.07) is 3.92. The molecule has 7 heteroatoms. The zero-order valence-corrected chi connectivity index (χ0v) is 11.5. The highest BCUT2D eigenvalue weighted by Crippen LogP contribution is 2.25. The molecular formula is C12H17FN2O3S. The summed E-state index contributed by atoms with van der Waals surface area (Å²) in [6.07, 6.45) is 0.490. The molecule has 1 atom stereocenters. The molecule has 0 aromatic heterocycles. The van der Waals surface area contributed by atoms with Gasteiger partial charge in [0.05, 0.1) is 6.10 Å². The number of nitrogens with two attached hydrogens (primary N) is 1. The molecule has 1 aromatic carbocycles. The van der Waals surface area contributed by atoms with E-state index in [4.69, 9.17) is 10.5 Å². The van der Waals surface area contributed by atoms with Crippen molar-refractivity contribution in [2.45, 2.75) is 24.0 Å². The maximum atomic E-state index is 13.8. The molecule has 1 aliphatic heterocycles. The molecule has 1 saturated heterocycles. The Morgan fingerprint density at radius 2 is 2.26 bits per heavy atom. The summed E-state index contributed by atoms with van der Waals surface area (Å²) in [5.41, 5.74) is 6.04. The molecule has 1 aromatic rings. The zero-order chi connectivity index (χ0) is 14.0. The van der Waals surface area contributed by atoms with Gasteiger partial charge in [-0.1, -0.05) is 6.07 Å². The summed E-state index contributed by atoms with van der Waals surface area (Å²) >= 11 is 0. The van der Waals surface area contributed by atoms with Crippen LogP contribution in [-0.2, 0) is 21.3 Å². The van der Waals surface area contributed by atoms with Gasteiger partial charge in [0.2, 0.25) is 10.0 Å². The first-order valence-electron chi connectivity index (χ1n) is 6.00. The predicted molar refractivity (Wildman–Crippen MR) is 68.5 cm³/mol. The first kappa shape index (κ1) is 14.4. The van der Waals surface area contributed by atoms with Crippen molar-refractivity contribution in [3.05, 3.63) is 29.6 Å². The van der Waals surface area contributed by atoms with Crippen LogP contribution in [0.15, 0.2) is 23.1 Å². The van der Waals surface area contributed by atoms with Gasteiger partial charge in [-0.2, -0.15) is 4.31 Å². The molecule has 0 aliphatic carbocycles. The van der Waals surface area contributed by atoms with Gasteiger partial charge in [0.1, 0.15) is 10.7 Å². The van der Waals surface area contributed by atoms with Crippen LogP contribution in [-0.4, -0.2) is 39.0 Å². The van der Waals surface area contributed by atoms with Crippen molar-refractivity contribution in [1.82, 2.24) is 4.31 Å². The fraction of sp³-hybridized carbons (Fsp3) is 0.500. The van der Waals surface area contributed by atoms with E-state index in [9.17, 15) is 12.8 Å². The summed E-state index contributed by atoms with van der Waals surface area (Å²) in [7, 11) is -2.28. The molecule has 1 heterocycles. The monoisotopic (exact) mass is 288 g/mol. The minimum absolute atomic E-state index is 0.129. The summed E-state index contributed by atoms with van der Waals surface area (Å²) in [5.74, 6) is -0.752. The second-order valence-electron chi connectivity index (χ2n) is 4.48. The van der Waals surface area contributed by atoms with Crippen LogP contribution in [0, 0.1) is 5.82 Å². The Bertz CT molecular complexity index is 562. The van der Waals surface area contributed by atoms with Crippen LogP contribution < -0.4 is 5.73 Å². The van der Waals surface area contributed by atoms with E-state index in [1.165, 1.54) is 23.5 Å². The highest BCUT2D eigenvalue weighted by molar-refractivity contribution is 7.89. The molecule has 1 fully saturated rings. The molecule has 0 spiro atoms. The largest absolute Gasteiger partial charge is 0.380 e. The fourth-order valence-corrected chi connectivity index (χ4v) is 3.72. The van der Waals surface area contributed by atoms with Crippen LogP contribution >= 0.6 is 0 Å². The number of ether oxygens (including phenoxy) is 1. The number of methoxy groups -OCH3 is 1. The topological polar surface area (TPSA) is 72.6 Å². The smallest absolute Gasteiger partial charge is 0.246 e. The molecule has 2 rings (SSSR count). The van der Waals surface area contributed by atoms with Crippen molar-refractivity contribution in [1.29, 1.82) is 0 Å². The van der Waals surface area contributed by atoms with Gasteiger partial charge in [-0.25, -0.2) is 12.8 Å². The molecule has 1 aliphatic rings.